The third-order valence-electron chi connectivity index (χ3n) is 5.97. The van der Waals surface area contributed by atoms with Gasteiger partial charge in [0.05, 0.1) is 18.7 Å². The van der Waals surface area contributed by atoms with Crippen molar-refractivity contribution in [3.8, 4) is 5.75 Å². The van der Waals surface area contributed by atoms with E-state index in [-0.39, 0.29) is 11.3 Å². The highest BCUT2D eigenvalue weighted by Crippen LogP contribution is 2.44. The van der Waals surface area contributed by atoms with Gasteiger partial charge in [-0.25, -0.2) is 0 Å². The molecule has 4 rings (SSSR count). The van der Waals surface area contributed by atoms with Crippen LogP contribution < -0.4 is 9.64 Å². The Kier molecular flexibility index (Phi) is 5.57. The van der Waals surface area contributed by atoms with Crippen molar-refractivity contribution in [1.29, 1.82) is 0 Å². The number of ketones is 1. The van der Waals surface area contributed by atoms with E-state index >= 15 is 0 Å². The zero-order chi connectivity index (χ0) is 23.0. The third kappa shape index (κ3) is 3.56. The highest BCUT2D eigenvalue weighted by atomic mass is 16.5. The largest absolute Gasteiger partial charge is 0.507 e. The second kappa shape index (κ2) is 8.35. The van der Waals surface area contributed by atoms with Crippen LogP contribution in [-0.4, -0.2) is 23.9 Å². The molecule has 5 nitrogen and oxygen atoms in total. The second-order valence-corrected chi connectivity index (χ2v) is 8.05. The molecule has 162 valence electrons. The van der Waals surface area contributed by atoms with Gasteiger partial charge in [0, 0.05) is 16.8 Å². The number of amides is 1. The maximum Gasteiger partial charge on any atom is 0.300 e. The molecule has 3 aromatic rings. The van der Waals surface area contributed by atoms with Gasteiger partial charge in [-0.2, -0.15) is 0 Å². The Balaban J connectivity index is 1.99. The SMILES string of the molecule is COc1ccccc1C1/C(=C(\O)c2ccc(C)c(C)c2)C(=O)C(=O)N1c1ccc(C)cc1. The lowest BCUT2D eigenvalue weighted by molar-refractivity contribution is -0.132. The number of para-hydroxylation sites is 1. The van der Waals surface area contributed by atoms with Crippen LogP contribution in [0.3, 0.4) is 0 Å². The number of aliphatic hydroxyl groups excluding tert-OH is 1. The predicted octanol–water partition coefficient (Wildman–Crippen LogP) is 5.25. The number of anilines is 1. The van der Waals surface area contributed by atoms with E-state index in [4.69, 9.17) is 4.74 Å². The van der Waals surface area contributed by atoms with Crippen LogP contribution in [-0.2, 0) is 9.59 Å². The average Bonchev–Trinajstić information content (AvgIpc) is 3.06. The minimum Gasteiger partial charge on any atom is -0.507 e. The number of nitrogens with zero attached hydrogens (tertiary/aromatic N) is 1. The molecule has 1 heterocycles. The summed E-state index contributed by atoms with van der Waals surface area (Å²) in [5.41, 5.74) is 4.83. The number of aliphatic hydroxyl groups is 1. The van der Waals surface area contributed by atoms with Crippen LogP contribution in [0.4, 0.5) is 5.69 Å². The fourth-order valence-electron chi connectivity index (χ4n) is 4.03. The Labute approximate surface area is 187 Å². The number of hydrogen-bond acceptors (Lipinski definition) is 4. The van der Waals surface area contributed by atoms with Gasteiger partial charge in [0.25, 0.3) is 11.7 Å². The van der Waals surface area contributed by atoms with Crippen molar-refractivity contribution in [1.82, 2.24) is 0 Å². The number of carbonyl (C=O) groups is 2. The molecule has 1 fully saturated rings. The average molecular weight is 428 g/mol. The highest BCUT2D eigenvalue weighted by Gasteiger charge is 2.47. The van der Waals surface area contributed by atoms with Crippen molar-refractivity contribution < 1.29 is 19.4 Å². The number of rotatable bonds is 4. The van der Waals surface area contributed by atoms with Gasteiger partial charge in [-0.1, -0.05) is 48.0 Å². The van der Waals surface area contributed by atoms with Crippen molar-refractivity contribution in [2.45, 2.75) is 26.8 Å². The zero-order valence-corrected chi connectivity index (χ0v) is 18.5. The zero-order valence-electron chi connectivity index (χ0n) is 18.5. The monoisotopic (exact) mass is 427 g/mol. The Morgan fingerprint density at radius 2 is 1.59 bits per heavy atom. The molecule has 0 saturated carbocycles. The summed E-state index contributed by atoms with van der Waals surface area (Å²) >= 11 is 0. The molecule has 1 saturated heterocycles. The molecule has 0 bridgehead atoms. The first-order valence-corrected chi connectivity index (χ1v) is 10.4. The summed E-state index contributed by atoms with van der Waals surface area (Å²) in [5.74, 6) is -1.08. The van der Waals surface area contributed by atoms with Gasteiger partial charge in [-0.3, -0.25) is 14.5 Å². The molecule has 0 radical (unpaired) electrons. The first-order valence-electron chi connectivity index (χ1n) is 10.4. The van der Waals surface area contributed by atoms with Crippen molar-refractivity contribution in [3.63, 3.8) is 0 Å². The van der Waals surface area contributed by atoms with E-state index in [0.29, 0.717) is 22.6 Å². The maximum atomic E-state index is 13.3. The molecule has 1 amide bonds. The summed E-state index contributed by atoms with van der Waals surface area (Å²) in [6.45, 7) is 5.87. The molecule has 1 aliphatic rings. The van der Waals surface area contributed by atoms with E-state index in [0.717, 1.165) is 16.7 Å². The van der Waals surface area contributed by atoms with Gasteiger partial charge in [0.2, 0.25) is 0 Å². The van der Waals surface area contributed by atoms with Gasteiger partial charge < -0.3 is 9.84 Å². The molecule has 0 spiro atoms. The molecule has 0 aliphatic carbocycles. The van der Waals surface area contributed by atoms with Gasteiger partial charge in [-0.05, 0) is 56.2 Å². The lowest BCUT2D eigenvalue weighted by Crippen LogP contribution is -2.29. The molecule has 1 aliphatic heterocycles. The number of Topliss-reactive ketones (excluding diaryl/α,β-unsaturated/α-hetero) is 1. The van der Waals surface area contributed by atoms with Crippen LogP contribution >= 0.6 is 0 Å². The Hall–Kier alpha value is -3.86. The summed E-state index contributed by atoms with van der Waals surface area (Å²) in [6, 6.07) is 19.3. The molecule has 0 aromatic heterocycles. The third-order valence-corrected chi connectivity index (χ3v) is 5.97. The number of aryl methyl sites for hydroxylation is 3. The lowest BCUT2D eigenvalue weighted by Gasteiger charge is -2.26. The quantitative estimate of drug-likeness (QED) is 0.351. The normalized spacial score (nSPS) is 17.6. The molecule has 32 heavy (non-hydrogen) atoms. The number of carbonyl (C=O) groups excluding carboxylic acids is 2. The van der Waals surface area contributed by atoms with Crippen molar-refractivity contribution in [2.75, 3.05) is 12.0 Å². The van der Waals surface area contributed by atoms with Gasteiger partial charge >= 0.3 is 0 Å². The van der Waals surface area contributed by atoms with Crippen LogP contribution in [0.1, 0.15) is 33.9 Å². The van der Waals surface area contributed by atoms with Crippen LogP contribution in [0.2, 0.25) is 0 Å². The summed E-state index contributed by atoms with van der Waals surface area (Å²) in [6.07, 6.45) is 0. The number of benzene rings is 3. The smallest absolute Gasteiger partial charge is 0.300 e. The van der Waals surface area contributed by atoms with E-state index in [1.807, 2.05) is 63.2 Å². The van der Waals surface area contributed by atoms with Gasteiger partial charge in [0.15, 0.2) is 0 Å². The molecular weight excluding hydrogens is 402 g/mol. The predicted molar refractivity (Wildman–Crippen MR) is 125 cm³/mol. The van der Waals surface area contributed by atoms with Crippen molar-refractivity contribution >= 4 is 23.1 Å². The minimum atomic E-state index is -0.824. The second-order valence-electron chi connectivity index (χ2n) is 8.05. The Bertz CT molecular complexity index is 1240. The van der Waals surface area contributed by atoms with Crippen LogP contribution in [0, 0.1) is 20.8 Å². The fraction of sp³-hybridized carbons (Fsp3) is 0.185. The molecule has 5 heteroatoms. The summed E-state index contributed by atoms with van der Waals surface area (Å²) in [5, 5.41) is 11.3. The van der Waals surface area contributed by atoms with E-state index in [2.05, 4.69) is 0 Å². The Morgan fingerprint density at radius 1 is 0.906 bits per heavy atom. The van der Waals surface area contributed by atoms with Crippen LogP contribution in [0.15, 0.2) is 72.3 Å². The summed E-state index contributed by atoms with van der Waals surface area (Å²) in [7, 11) is 1.54. The van der Waals surface area contributed by atoms with Crippen LogP contribution in [0.5, 0.6) is 5.75 Å². The topological polar surface area (TPSA) is 66.8 Å². The number of hydrogen-bond donors (Lipinski definition) is 1. The summed E-state index contributed by atoms with van der Waals surface area (Å²) in [4.78, 5) is 27.9. The lowest BCUT2D eigenvalue weighted by atomic mass is 9.93. The first-order chi connectivity index (χ1) is 15.3. The maximum absolute atomic E-state index is 13.3. The first kappa shape index (κ1) is 21.4. The van der Waals surface area contributed by atoms with E-state index in [1.165, 1.54) is 4.90 Å². The molecule has 1 unspecified atom stereocenters. The van der Waals surface area contributed by atoms with E-state index in [1.54, 1.807) is 31.4 Å². The van der Waals surface area contributed by atoms with Crippen molar-refractivity contribution in [3.05, 3.63) is 100 Å². The molecule has 3 aromatic carbocycles. The van der Waals surface area contributed by atoms with Gasteiger partial charge in [-0.15, -0.1) is 0 Å². The fourth-order valence-corrected chi connectivity index (χ4v) is 4.03. The standard InChI is InChI=1S/C27H25NO4/c1-16-9-13-20(14-10-16)28-24(21-7-5-6-8-22(21)32-4)23(26(30)27(28)31)25(29)19-12-11-17(2)18(3)15-19/h5-15,24,29H,1-4H3/b25-23+. The summed E-state index contributed by atoms with van der Waals surface area (Å²) < 4.78 is 5.55. The molecular formula is C27H25NO4. The number of ether oxygens (including phenoxy) is 1. The molecule has 1 atom stereocenters. The Morgan fingerprint density at radius 3 is 2.25 bits per heavy atom. The van der Waals surface area contributed by atoms with E-state index in [9.17, 15) is 14.7 Å². The molecule has 1 N–H and O–H groups in total. The van der Waals surface area contributed by atoms with Crippen molar-refractivity contribution in [2.24, 2.45) is 0 Å². The van der Waals surface area contributed by atoms with Gasteiger partial charge in [0.1, 0.15) is 11.5 Å². The van der Waals surface area contributed by atoms with E-state index < -0.39 is 17.7 Å². The number of methoxy groups -OCH3 is 1. The highest BCUT2D eigenvalue weighted by molar-refractivity contribution is 6.51. The van der Waals surface area contributed by atoms with Crippen LogP contribution in [0.25, 0.3) is 5.76 Å². The minimum absolute atomic E-state index is 0.0447.